The number of ether oxygens (including phenoxy) is 1. The van der Waals surface area contributed by atoms with Crippen molar-refractivity contribution in [3.05, 3.63) is 95.6 Å². The minimum atomic E-state index is -0.196. The van der Waals surface area contributed by atoms with Crippen LogP contribution >= 0.6 is 0 Å². The van der Waals surface area contributed by atoms with Gasteiger partial charge in [0.15, 0.2) is 0 Å². The van der Waals surface area contributed by atoms with Gasteiger partial charge >= 0.3 is 0 Å². The van der Waals surface area contributed by atoms with Crippen LogP contribution in [0.5, 0.6) is 11.5 Å². The molecule has 0 unspecified atom stereocenters. The van der Waals surface area contributed by atoms with Gasteiger partial charge in [0.05, 0.1) is 0 Å². The molecule has 0 aliphatic carbocycles. The summed E-state index contributed by atoms with van der Waals surface area (Å²) in [6.07, 6.45) is 3.42. The molecule has 3 aromatic carbocycles. The first kappa shape index (κ1) is 25.5. The number of benzene rings is 3. The Morgan fingerprint density at radius 3 is 2.11 bits per heavy atom. The molecule has 1 heterocycles. The molecule has 1 aliphatic rings. The summed E-state index contributed by atoms with van der Waals surface area (Å²) in [5.74, 6) is 1.34. The molecule has 4 rings (SSSR count). The van der Waals surface area contributed by atoms with Crippen molar-refractivity contribution >= 4 is 17.1 Å². The number of carbonyl (C=O) groups is 1. The molecule has 1 saturated heterocycles. The summed E-state index contributed by atoms with van der Waals surface area (Å²) < 4.78 is 6.06. The molecule has 36 heavy (non-hydrogen) atoms. The van der Waals surface area contributed by atoms with Crippen molar-refractivity contribution in [1.29, 1.82) is 0 Å². The second kappa shape index (κ2) is 12.4. The number of piperidine rings is 1. The molecule has 0 atom stereocenters. The monoisotopic (exact) mass is 484 g/mol. The molecule has 0 aromatic heterocycles. The fourth-order valence-electron chi connectivity index (χ4n) is 5.02. The number of hydrogen-bond donors (Lipinski definition) is 2. The number of phenolic OH excluding ortho intramolecular Hbond substituents is 1. The number of carbonyl (C=O) groups excluding carboxylic acids is 1. The topological polar surface area (TPSA) is 75.8 Å². The van der Waals surface area contributed by atoms with Crippen molar-refractivity contribution in [2.45, 2.75) is 32.6 Å². The van der Waals surface area contributed by atoms with E-state index in [-0.39, 0.29) is 11.7 Å². The van der Waals surface area contributed by atoms with E-state index in [2.05, 4.69) is 48.2 Å². The van der Waals surface area contributed by atoms with Crippen LogP contribution in [0.1, 0.15) is 49.3 Å². The van der Waals surface area contributed by atoms with Crippen molar-refractivity contribution in [2.24, 2.45) is 11.7 Å². The van der Waals surface area contributed by atoms with Gasteiger partial charge in [0.1, 0.15) is 18.1 Å². The largest absolute Gasteiger partial charge is 0.508 e. The van der Waals surface area contributed by atoms with Crippen LogP contribution in [0.2, 0.25) is 0 Å². The predicted octanol–water partition coefficient (Wildman–Crippen LogP) is 5.73. The molecular weight excluding hydrogens is 448 g/mol. The van der Waals surface area contributed by atoms with Crippen LogP contribution < -0.4 is 10.5 Å². The van der Waals surface area contributed by atoms with Gasteiger partial charge in [0, 0.05) is 13.0 Å². The van der Waals surface area contributed by atoms with Gasteiger partial charge in [0.25, 0.3) is 0 Å². The Morgan fingerprint density at radius 2 is 1.53 bits per heavy atom. The number of nitrogens with zero attached hydrogens (tertiary/aromatic N) is 1. The molecule has 1 amide bonds. The maximum absolute atomic E-state index is 11.1. The molecule has 1 fully saturated rings. The minimum absolute atomic E-state index is 0.196. The third kappa shape index (κ3) is 6.76. The van der Waals surface area contributed by atoms with Gasteiger partial charge in [-0.3, -0.25) is 9.69 Å². The van der Waals surface area contributed by atoms with E-state index in [9.17, 15) is 9.90 Å². The number of likely N-dealkylation sites (tertiary alicyclic amines) is 1. The predicted molar refractivity (Wildman–Crippen MR) is 146 cm³/mol. The summed E-state index contributed by atoms with van der Waals surface area (Å²) >= 11 is 0. The highest BCUT2D eigenvalue weighted by molar-refractivity contribution is 5.98. The molecular formula is C31H36N2O3. The van der Waals surface area contributed by atoms with E-state index in [0.717, 1.165) is 61.3 Å². The highest BCUT2D eigenvalue weighted by Gasteiger charge is 2.20. The fourth-order valence-corrected chi connectivity index (χ4v) is 5.02. The zero-order valence-electron chi connectivity index (χ0n) is 21.0. The van der Waals surface area contributed by atoms with E-state index in [1.165, 1.54) is 11.1 Å². The molecule has 188 valence electrons. The van der Waals surface area contributed by atoms with Crippen LogP contribution in [0.3, 0.4) is 0 Å². The summed E-state index contributed by atoms with van der Waals surface area (Å²) in [6, 6.07) is 26.2. The summed E-state index contributed by atoms with van der Waals surface area (Å²) in [5, 5.41) is 9.83. The second-order valence-corrected chi connectivity index (χ2v) is 9.45. The molecule has 3 N–H and O–H groups in total. The zero-order valence-corrected chi connectivity index (χ0v) is 21.0. The van der Waals surface area contributed by atoms with Crippen LogP contribution in [0, 0.1) is 5.92 Å². The number of amides is 1. The van der Waals surface area contributed by atoms with Crippen LogP contribution in [-0.2, 0) is 4.79 Å². The first-order chi connectivity index (χ1) is 17.5. The smallest absolute Gasteiger partial charge is 0.217 e. The minimum Gasteiger partial charge on any atom is -0.508 e. The van der Waals surface area contributed by atoms with Gasteiger partial charge in [-0.1, -0.05) is 61.5 Å². The maximum atomic E-state index is 11.1. The molecule has 0 bridgehead atoms. The molecule has 5 heteroatoms. The third-order valence-corrected chi connectivity index (χ3v) is 6.95. The van der Waals surface area contributed by atoms with Crippen molar-refractivity contribution < 1.29 is 14.6 Å². The summed E-state index contributed by atoms with van der Waals surface area (Å²) in [6.45, 7) is 5.65. The first-order valence-electron chi connectivity index (χ1n) is 12.9. The SMILES string of the molecule is CCC(=C(c1ccc(O)cc1)c1ccc(OCCN2CCC(CC(N)=O)CC2)cc1)c1ccccc1. The lowest BCUT2D eigenvalue weighted by Gasteiger charge is -2.31. The van der Waals surface area contributed by atoms with Gasteiger partial charge < -0.3 is 15.6 Å². The Balaban J connectivity index is 1.45. The quantitative estimate of drug-likeness (QED) is 0.361. The van der Waals surface area contributed by atoms with Gasteiger partial charge in [-0.15, -0.1) is 0 Å². The Bertz CT molecular complexity index is 1150. The first-order valence-corrected chi connectivity index (χ1v) is 12.9. The molecule has 5 nitrogen and oxygen atoms in total. The van der Waals surface area contributed by atoms with E-state index < -0.39 is 0 Å². The summed E-state index contributed by atoms with van der Waals surface area (Å²) in [5.41, 5.74) is 11.1. The second-order valence-electron chi connectivity index (χ2n) is 9.45. The lowest BCUT2D eigenvalue weighted by molar-refractivity contribution is -0.119. The number of phenols is 1. The van der Waals surface area contributed by atoms with Crippen molar-refractivity contribution in [3.8, 4) is 11.5 Å². The number of hydrogen-bond acceptors (Lipinski definition) is 4. The Kier molecular flexibility index (Phi) is 8.80. The Hall–Kier alpha value is -3.57. The molecule has 1 aliphatic heterocycles. The van der Waals surface area contributed by atoms with Gasteiger partial charge in [-0.05, 0) is 90.4 Å². The lowest BCUT2D eigenvalue weighted by atomic mass is 9.88. The Labute approximate surface area is 214 Å². The van der Waals surface area contributed by atoms with Gasteiger partial charge in [-0.2, -0.15) is 0 Å². The van der Waals surface area contributed by atoms with E-state index in [0.29, 0.717) is 18.9 Å². The van der Waals surface area contributed by atoms with Crippen LogP contribution in [-0.4, -0.2) is 42.2 Å². The number of rotatable bonds is 10. The molecule has 3 aromatic rings. The third-order valence-electron chi connectivity index (χ3n) is 6.95. The van der Waals surface area contributed by atoms with E-state index in [4.69, 9.17) is 10.5 Å². The average molecular weight is 485 g/mol. The number of nitrogens with two attached hydrogens (primary N) is 1. The fraction of sp³-hybridized carbons (Fsp3) is 0.323. The van der Waals surface area contributed by atoms with E-state index in [1.807, 2.05) is 30.3 Å². The Morgan fingerprint density at radius 1 is 0.917 bits per heavy atom. The van der Waals surface area contributed by atoms with E-state index >= 15 is 0 Å². The highest BCUT2D eigenvalue weighted by Crippen LogP contribution is 2.35. The summed E-state index contributed by atoms with van der Waals surface area (Å²) in [7, 11) is 0. The van der Waals surface area contributed by atoms with Crippen LogP contribution in [0.25, 0.3) is 11.1 Å². The van der Waals surface area contributed by atoms with E-state index in [1.54, 1.807) is 12.1 Å². The number of primary amides is 1. The standard InChI is InChI=1S/C31H36N2O3/c1-2-29(24-6-4-3-5-7-24)31(25-8-12-27(34)13-9-25)26-10-14-28(15-11-26)36-21-20-33-18-16-23(17-19-33)22-30(32)35/h3-15,23,34H,2,16-22H2,1H3,(H2,32,35). The van der Waals surface area contributed by atoms with Crippen molar-refractivity contribution in [3.63, 3.8) is 0 Å². The average Bonchev–Trinajstić information content (AvgIpc) is 2.90. The van der Waals surface area contributed by atoms with Crippen LogP contribution in [0.4, 0.5) is 0 Å². The van der Waals surface area contributed by atoms with Crippen molar-refractivity contribution in [2.75, 3.05) is 26.2 Å². The number of aromatic hydroxyl groups is 1. The lowest BCUT2D eigenvalue weighted by Crippen LogP contribution is -2.37. The number of allylic oxidation sites excluding steroid dienone is 1. The van der Waals surface area contributed by atoms with Crippen molar-refractivity contribution in [1.82, 2.24) is 4.90 Å². The molecule has 0 saturated carbocycles. The molecule has 0 radical (unpaired) electrons. The molecule has 0 spiro atoms. The van der Waals surface area contributed by atoms with Gasteiger partial charge in [-0.25, -0.2) is 0 Å². The highest BCUT2D eigenvalue weighted by atomic mass is 16.5. The summed E-state index contributed by atoms with van der Waals surface area (Å²) in [4.78, 5) is 13.5. The van der Waals surface area contributed by atoms with Crippen LogP contribution in [0.15, 0.2) is 78.9 Å². The van der Waals surface area contributed by atoms with Gasteiger partial charge in [0.2, 0.25) is 5.91 Å². The zero-order chi connectivity index (χ0) is 25.3. The normalized spacial score (nSPS) is 15.4. The maximum Gasteiger partial charge on any atom is 0.217 e.